The van der Waals surface area contributed by atoms with Crippen molar-refractivity contribution in [1.82, 2.24) is 0 Å². The van der Waals surface area contributed by atoms with Crippen molar-refractivity contribution in [2.45, 2.75) is 40.0 Å². The van der Waals surface area contributed by atoms with Crippen LogP contribution < -0.4 is 10.6 Å². The van der Waals surface area contributed by atoms with Crippen molar-refractivity contribution >= 4 is 57.0 Å². The summed E-state index contributed by atoms with van der Waals surface area (Å²) >= 11 is 13.5. The summed E-state index contributed by atoms with van der Waals surface area (Å²) in [7, 11) is 0. The van der Waals surface area contributed by atoms with Gasteiger partial charge in [-0.1, -0.05) is 50.0 Å². The third-order valence-electron chi connectivity index (χ3n) is 6.13. The molecule has 2 amide bonds. The van der Waals surface area contributed by atoms with E-state index in [1.54, 1.807) is 48.5 Å². The molecule has 1 aromatic heterocycles. The Morgan fingerprint density at radius 1 is 0.970 bits per heavy atom. The topological polar surface area (TPSA) is 58.2 Å². The van der Waals surface area contributed by atoms with Crippen LogP contribution in [0.5, 0.6) is 0 Å². The highest BCUT2D eigenvalue weighted by Gasteiger charge is 2.34. The highest BCUT2D eigenvalue weighted by molar-refractivity contribution is 7.17. The van der Waals surface area contributed by atoms with Crippen molar-refractivity contribution in [2.24, 2.45) is 11.3 Å². The summed E-state index contributed by atoms with van der Waals surface area (Å²) in [4.78, 5) is 27.5. The van der Waals surface area contributed by atoms with Crippen LogP contribution in [0.3, 0.4) is 0 Å². The number of halogens is 2. The minimum absolute atomic E-state index is 0.178. The summed E-state index contributed by atoms with van der Waals surface area (Å²) < 4.78 is 0. The molecule has 0 bridgehead atoms. The number of thiophene rings is 1. The van der Waals surface area contributed by atoms with E-state index in [0.29, 0.717) is 37.8 Å². The summed E-state index contributed by atoms with van der Waals surface area (Å²) in [6.07, 6.45) is 2.72. The summed E-state index contributed by atoms with van der Waals surface area (Å²) in [5.41, 5.74) is 2.86. The quantitative estimate of drug-likeness (QED) is 0.385. The van der Waals surface area contributed by atoms with Crippen molar-refractivity contribution < 1.29 is 9.59 Å². The van der Waals surface area contributed by atoms with E-state index in [1.807, 2.05) is 0 Å². The van der Waals surface area contributed by atoms with Crippen LogP contribution in [0.1, 0.15) is 58.3 Å². The second kappa shape index (κ2) is 9.49. The number of benzene rings is 2. The van der Waals surface area contributed by atoms with E-state index in [9.17, 15) is 9.59 Å². The lowest BCUT2D eigenvalue weighted by molar-refractivity contribution is 0.102. The Labute approximate surface area is 208 Å². The van der Waals surface area contributed by atoms with Gasteiger partial charge in [0.05, 0.1) is 5.56 Å². The number of hydrogen-bond donors (Lipinski definition) is 2. The Morgan fingerprint density at radius 3 is 2.36 bits per heavy atom. The first-order valence-corrected chi connectivity index (χ1v) is 12.5. The van der Waals surface area contributed by atoms with Crippen molar-refractivity contribution in [1.29, 1.82) is 0 Å². The highest BCUT2D eigenvalue weighted by Crippen LogP contribution is 2.44. The largest absolute Gasteiger partial charge is 0.322 e. The number of hydrogen-bond acceptors (Lipinski definition) is 3. The van der Waals surface area contributed by atoms with E-state index < -0.39 is 0 Å². The number of carbonyl (C=O) groups excluding carboxylic acids is 2. The van der Waals surface area contributed by atoms with Gasteiger partial charge in [-0.3, -0.25) is 9.59 Å². The monoisotopic (exact) mass is 500 g/mol. The lowest BCUT2D eigenvalue weighted by atomic mass is 9.72. The molecule has 0 spiro atoms. The first kappa shape index (κ1) is 23.8. The van der Waals surface area contributed by atoms with Gasteiger partial charge in [0.1, 0.15) is 5.00 Å². The lowest BCUT2D eigenvalue weighted by Gasteiger charge is -2.33. The van der Waals surface area contributed by atoms with Gasteiger partial charge in [-0.05, 0) is 78.6 Å². The zero-order valence-electron chi connectivity index (χ0n) is 18.8. The summed E-state index contributed by atoms with van der Waals surface area (Å²) in [6, 6.07) is 13.8. The van der Waals surface area contributed by atoms with E-state index in [-0.39, 0.29) is 17.2 Å². The summed E-state index contributed by atoms with van der Waals surface area (Å²) in [5, 5.41) is 7.61. The minimum atomic E-state index is -0.288. The van der Waals surface area contributed by atoms with Crippen LogP contribution in [0.25, 0.3) is 0 Å². The fourth-order valence-electron chi connectivity index (χ4n) is 4.19. The molecule has 3 aromatic rings. The van der Waals surface area contributed by atoms with Gasteiger partial charge >= 0.3 is 0 Å². The Kier molecular flexibility index (Phi) is 6.85. The van der Waals surface area contributed by atoms with Gasteiger partial charge in [0.2, 0.25) is 0 Å². The van der Waals surface area contributed by atoms with Gasteiger partial charge in [-0.2, -0.15) is 0 Å². The number of fused-ring (bicyclic) bond motifs is 1. The summed E-state index contributed by atoms with van der Waals surface area (Å²) in [6.45, 7) is 6.77. The normalized spacial score (nSPS) is 15.6. The van der Waals surface area contributed by atoms with Crippen LogP contribution in [0.2, 0.25) is 10.0 Å². The fraction of sp³-hybridized carbons (Fsp3) is 0.308. The zero-order valence-corrected chi connectivity index (χ0v) is 21.1. The molecular formula is C26H26Cl2N2O2S. The first-order valence-electron chi connectivity index (χ1n) is 10.9. The molecule has 1 unspecified atom stereocenters. The van der Waals surface area contributed by atoms with Gasteiger partial charge < -0.3 is 10.6 Å². The molecule has 0 saturated carbocycles. The standard InChI is InChI=1S/C26H26Cl2N2O2S/c1-26(2,3)16-7-12-20-21(14-16)33-25(30-23(31)15-5-4-6-18(28)13-15)22(20)24(32)29-19-10-8-17(27)9-11-19/h4-6,8-11,13,16H,7,12,14H2,1-3H3,(H,29,32)(H,30,31). The number of amides is 2. The van der Waals surface area contributed by atoms with Crippen LogP contribution in [0.4, 0.5) is 10.7 Å². The minimum Gasteiger partial charge on any atom is -0.322 e. The Hall–Kier alpha value is -2.34. The van der Waals surface area contributed by atoms with Crippen molar-refractivity contribution in [2.75, 3.05) is 10.6 Å². The molecule has 4 rings (SSSR count). The van der Waals surface area contributed by atoms with Gasteiger partial charge in [-0.15, -0.1) is 11.3 Å². The van der Waals surface area contributed by atoms with Crippen LogP contribution in [0, 0.1) is 11.3 Å². The highest BCUT2D eigenvalue weighted by atomic mass is 35.5. The van der Waals surface area contributed by atoms with E-state index in [1.165, 1.54) is 16.2 Å². The van der Waals surface area contributed by atoms with Crippen molar-refractivity contribution in [3.05, 3.63) is 80.1 Å². The molecule has 1 atom stereocenters. The Bertz CT molecular complexity index is 1200. The predicted octanol–water partition coefficient (Wildman–Crippen LogP) is 7.71. The van der Waals surface area contributed by atoms with Crippen LogP contribution in [-0.2, 0) is 12.8 Å². The Balaban J connectivity index is 1.68. The van der Waals surface area contributed by atoms with Crippen LogP contribution in [0.15, 0.2) is 48.5 Å². The molecule has 0 saturated heterocycles. The number of nitrogens with one attached hydrogen (secondary N) is 2. The van der Waals surface area contributed by atoms with E-state index >= 15 is 0 Å². The SMILES string of the molecule is CC(C)(C)C1CCc2c(sc(NC(=O)c3cccc(Cl)c3)c2C(=O)Nc2ccc(Cl)cc2)C1. The molecule has 0 radical (unpaired) electrons. The van der Waals surface area contributed by atoms with Crippen molar-refractivity contribution in [3.8, 4) is 0 Å². The van der Waals surface area contributed by atoms with Gasteiger partial charge in [-0.25, -0.2) is 0 Å². The maximum absolute atomic E-state index is 13.4. The number of anilines is 2. The maximum atomic E-state index is 13.4. The molecule has 1 aliphatic carbocycles. The molecule has 7 heteroatoms. The molecule has 1 heterocycles. The number of rotatable bonds is 4. The van der Waals surface area contributed by atoms with Gasteiger partial charge in [0.25, 0.3) is 11.8 Å². The average Bonchev–Trinajstić information content (AvgIpc) is 3.11. The second-order valence-electron chi connectivity index (χ2n) is 9.44. The average molecular weight is 501 g/mol. The van der Waals surface area contributed by atoms with E-state index in [2.05, 4.69) is 31.4 Å². The molecule has 33 heavy (non-hydrogen) atoms. The molecule has 172 valence electrons. The molecule has 2 aromatic carbocycles. The molecule has 1 aliphatic rings. The van der Waals surface area contributed by atoms with Crippen molar-refractivity contribution in [3.63, 3.8) is 0 Å². The summed E-state index contributed by atoms with van der Waals surface area (Å²) in [5.74, 6) is 0.00162. The second-order valence-corrected chi connectivity index (χ2v) is 11.4. The predicted molar refractivity (Wildman–Crippen MR) is 138 cm³/mol. The molecule has 2 N–H and O–H groups in total. The Morgan fingerprint density at radius 2 is 1.70 bits per heavy atom. The smallest absolute Gasteiger partial charge is 0.258 e. The van der Waals surface area contributed by atoms with Gasteiger partial charge in [0, 0.05) is 26.2 Å². The van der Waals surface area contributed by atoms with E-state index in [0.717, 1.165) is 24.8 Å². The zero-order chi connectivity index (χ0) is 23.8. The number of carbonyl (C=O) groups is 2. The lowest BCUT2D eigenvalue weighted by Crippen LogP contribution is -2.27. The fourth-order valence-corrected chi connectivity index (χ4v) is 5.82. The van der Waals surface area contributed by atoms with Gasteiger partial charge in [0.15, 0.2) is 0 Å². The third kappa shape index (κ3) is 5.43. The molecule has 0 aliphatic heterocycles. The maximum Gasteiger partial charge on any atom is 0.258 e. The molecular weight excluding hydrogens is 475 g/mol. The van der Waals surface area contributed by atoms with Crippen LogP contribution >= 0.6 is 34.5 Å². The third-order valence-corrected chi connectivity index (χ3v) is 7.79. The molecule has 4 nitrogen and oxygen atoms in total. The molecule has 0 fully saturated rings. The first-order chi connectivity index (χ1) is 15.6. The van der Waals surface area contributed by atoms with E-state index in [4.69, 9.17) is 23.2 Å². The van der Waals surface area contributed by atoms with Crippen LogP contribution in [-0.4, -0.2) is 11.8 Å².